The molecule has 206 valence electrons. The van der Waals surface area contributed by atoms with Gasteiger partial charge in [0, 0.05) is 29.8 Å². The molecule has 5 rings (SSSR count). The number of carbonyl (C=O) groups excluding carboxylic acids is 3. The van der Waals surface area contributed by atoms with Gasteiger partial charge in [-0.15, -0.1) is 29.7 Å². The number of aromatic nitrogens is 1. The number of carboxylic acid groups (broad SMARTS) is 1. The summed E-state index contributed by atoms with van der Waals surface area (Å²) in [4.78, 5) is 63.8. The molecule has 12 nitrogen and oxygen atoms in total. The van der Waals surface area contributed by atoms with Crippen LogP contribution in [0.1, 0.15) is 37.8 Å². The number of oxime groups is 1. The number of nitrogens with zero attached hydrogens (tertiary/aromatic N) is 4. The van der Waals surface area contributed by atoms with Crippen LogP contribution in [0.4, 0.5) is 5.13 Å². The highest BCUT2D eigenvalue weighted by Gasteiger charge is 2.54. The predicted octanol–water partition coefficient (Wildman–Crippen LogP) is 1.47. The summed E-state index contributed by atoms with van der Waals surface area (Å²) in [6.45, 7) is 4.59. The van der Waals surface area contributed by atoms with Crippen molar-refractivity contribution in [2.45, 2.75) is 49.6 Å². The minimum Gasteiger partial charge on any atom is -0.477 e. The molecular weight excluding hydrogens is 544 g/mol. The molecule has 4 heterocycles. The summed E-state index contributed by atoms with van der Waals surface area (Å²) in [5.74, 6) is -2.41. The van der Waals surface area contributed by atoms with Crippen LogP contribution >= 0.6 is 23.1 Å². The van der Waals surface area contributed by atoms with E-state index in [1.165, 1.54) is 16.7 Å². The number of likely N-dealkylation sites (tertiary alicyclic amines) is 1. The highest BCUT2D eigenvalue weighted by Crippen LogP contribution is 2.41. The Labute approximate surface area is 232 Å². The van der Waals surface area contributed by atoms with Gasteiger partial charge in [0.05, 0.1) is 0 Å². The Hall–Kier alpha value is -3.65. The van der Waals surface area contributed by atoms with Crippen molar-refractivity contribution in [3.63, 3.8) is 0 Å². The second-order valence-electron chi connectivity index (χ2n) is 9.52. The number of rotatable bonds is 9. The Kier molecular flexibility index (Phi) is 7.75. The monoisotopic (exact) mass is 572 g/mol. The van der Waals surface area contributed by atoms with Crippen LogP contribution in [0.2, 0.25) is 0 Å². The lowest BCUT2D eigenvalue weighted by atomic mass is 10.0. The van der Waals surface area contributed by atoms with Crippen molar-refractivity contribution in [2.24, 2.45) is 5.16 Å². The van der Waals surface area contributed by atoms with E-state index >= 15 is 0 Å². The van der Waals surface area contributed by atoms with E-state index in [2.05, 4.69) is 22.0 Å². The molecule has 0 bridgehead atoms. The number of hydrogen-bond acceptors (Lipinski definition) is 10. The van der Waals surface area contributed by atoms with Gasteiger partial charge in [-0.3, -0.25) is 19.3 Å². The molecule has 1 saturated carbocycles. The summed E-state index contributed by atoms with van der Waals surface area (Å²) < 4.78 is 0. The van der Waals surface area contributed by atoms with Crippen LogP contribution in [-0.2, 0) is 24.0 Å². The van der Waals surface area contributed by atoms with Crippen LogP contribution in [0.15, 0.2) is 46.1 Å². The molecule has 0 unspecified atom stereocenters. The number of allylic oxidation sites excluding steroid dienone is 1. The first-order valence-electron chi connectivity index (χ1n) is 12.6. The lowest BCUT2D eigenvalue weighted by Crippen LogP contribution is -2.71. The molecule has 1 aliphatic carbocycles. The molecule has 0 spiro atoms. The molecule has 0 aromatic carbocycles. The Morgan fingerprint density at radius 2 is 2.10 bits per heavy atom. The topological polar surface area (TPSA) is 168 Å². The number of β-lactam (4-membered cyclic amide) rings is 1. The van der Waals surface area contributed by atoms with Crippen molar-refractivity contribution in [1.82, 2.24) is 20.1 Å². The summed E-state index contributed by atoms with van der Waals surface area (Å²) in [6, 6.07) is -0.963. The number of carboxylic acids is 1. The van der Waals surface area contributed by atoms with Crippen molar-refractivity contribution in [1.29, 1.82) is 0 Å². The van der Waals surface area contributed by atoms with Gasteiger partial charge in [0.2, 0.25) is 5.91 Å². The zero-order chi connectivity index (χ0) is 27.7. The van der Waals surface area contributed by atoms with E-state index in [1.807, 2.05) is 0 Å². The Balaban J connectivity index is 1.34. The quantitative estimate of drug-likeness (QED) is 0.130. The van der Waals surface area contributed by atoms with E-state index in [0.717, 1.165) is 37.0 Å². The average molecular weight is 573 g/mol. The third-order valence-electron chi connectivity index (χ3n) is 6.97. The van der Waals surface area contributed by atoms with Gasteiger partial charge < -0.3 is 25.9 Å². The van der Waals surface area contributed by atoms with Crippen molar-refractivity contribution in [3.05, 3.63) is 46.6 Å². The lowest BCUT2D eigenvalue weighted by molar-refractivity contribution is -0.150. The second kappa shape index (κ2) is 11.2. The van der Waals surface area contributed by atoms with Gasteiger partial charge in [0.1, 0.15) is 28.9 Å². The van der Waals surface area contributed by atoms with Gasteiger partial charge in [-0.1, -0.05) is 11.2 Å². The third kappa shape index (κ3) is 5.30. The molecule has 3 fully saturated rings. The molecule has 1 aromatic rings. The number of thiazole rings is 1. The van der Waals surface area contributed by atoms with Gasteiger partial charge in [0.25, 0.3) is 11.8 Å². The number of nitrogen functional groups attached to an aromatic ring is 1. The van der Waals surface area contributed by atoms with Crippen molar-refractivity contribution in [3.8, 4) is 0 Å². The molecule has 4 N–H and O–H groups in total. The van der Waals surface area contributed by atoms with E-state index in [1.54, 1.807) is 22.4 Å². The van der Waals surface area contributed by atoms with Crippen LogP contribution in [0.25, 0.3) is 0 Å². The lowest BCUT2D eigenvalue weighted by Gasteiger charge is -2.49. The van der Waals surface area contributed by atoms with E-state index in [9.17, 15) is 24.3 Å². The van der Waals surface area contributed by atoms with Crippen LogP contribution in [0.3, 0.4) is 0 Å². The molecule has 39 heavy (non-hydrogen) atoms. The summed E-state index contributed by atoms with van der Waals surface area (Å²) >= 11 is 2.46. The summed E-state index contributed by atoms with van der Waals surface area (Å²) in [5, 5.41) is 17.9. The van der Waals surface area contributed by atoms with E-state index in [4.69, 9.17) is 10.6 Å². The standard InChI is InChI=1S/C25H28N6O6S2/c1-2-8-30-9-7-13(21(30)33)10-14-11-38-23-18(22(34)31(23)19(14)24(35)36)28-20(32)17(16-12-39-25(26)27-16)29-37-15-5-3-4-6-15/h2,10,12,15,18,23H,1,3-9,11H2,(H2,26,27)(H,28,32)(H,35,36)/b13-10?,29-17-/t18-,23-/m1/s1. The van der Waals surface area contributed by atoms with Crippen LogP contribution in [0.5, 0.6) is 0 Å². The normalized spacial score (nSPS) is 24.7. The SMILES string of the molecule is C=CCN1CCC(=CC2=C(C(=O)O)N3C(=O)[C@@H](NC(=O)/C(=N\OC4CCCC4)c4csc(N)n4)[C@H]3SC2)C1=O. The number of thioether (sulfide) groups is 1. The van der Waals surface area contributed by atoms with Crippen LogP contribution in [0, 0.1) is 0 Å². The van der Waals surface area contributed by atoms with Gasteiger partial charge in [-0.05, 0) is 43.8 Å². The largest absolute Gasteiger partial charge is 0.477 e. The number of anilines is 1. The van der Waals surface area contributed by atoms with E-state index in [-0.39, 0.29) is 40.0 Å². The Morgan fingerprint density at radius 1 is 1.33 bits per heavy atom. The van der Waals surface area contributed by atoms with E-state index < -0.39 is 29.2 Å². The van der Waals surface area contributed by atoms with E-state index in [0.29, 0.717) is 30.7 Å². The van der Waals surface area contributed by atoms with Crippen LogP contribution < -0.4 is 11.1 Å². The minimum atomic E-state index is -1.27. The minimum absolute atomic E-state index is 0.0924. The summed E-state index contributed by atoms with van der Waals surface area (Å²) in [6.07, 6.45) is 7.33. The molecule has 14 heteroatoms. The number of nitrogens with one attached hydrogen (secondary N) is 1. The summed E-state index contributed by atoms with van der Waals surface area (Å²) in [7, 11) is 0. The van der Waals surface area contributed by atoms with Crippen molar-refractivity contribution < 1.29 is 29.1 Å². The maximum Gasteiger partial charge on any atom is 0.352 e. The number of hydrogen-bond donors (Lipinski definition) is 3. The van der Waals surface area contributed by atoms with Crippen molar-refractivity contribution in [2.75, 3.05) is 24.6 Å². The van der Waals surface area contributed by atoms with Crippen molar-refractivity contribution >= 4 is 57.6 Å². The molecule has 4 aliphatic rings. The zero-order valence-corrected chi connectivity index (χ0v) is 22.6. The highest BCUT2D eigenvalue weighted by atomic mass is 32.2. The molecule has 3 aliphatic heterocycles. The molecule has 1 aromatic heterocycles. The highest BCUT2D eigenvalue weighted by molar-refractivity contribution is 8.00. The number of fused-ring (bicyclic) bond motifs is 1. The van der Waals surface area contributed by atoms with Gasteiger partial charge >= 0.3 is 5.97 Å². The second-order valence-corrected chi connectivity index (χ2v) is 11.5. The first-order valence-corrected chi connectivity index (χ1v) is 14.5. The van der Waals surface area contributed by atoms with Gasteiger partial charge in [-0.25, -0.2) is 9.78 Å². The first-order chi connectivity index (χ1) is 18.8. The third-order valence-corrected chi connectivity index (χ3v) is 8.95. The number of aliphatic carboxylic acids is 1. The first kappa shape index (κ1) is 26.9. The average Bonchev–Trinajstić information content (AvgIpc) is 3.66. The fraction of sp³-hybridized carbons (Fsp3) is 0.440. The summed E-state index contributed by atoms with van der Waals surface area (Å²) in [5.41, 5.74) is 6.60. The Morgan fingerprint density at radius 3 is 2.77 bits per heavy atom. The smallest absolute Gasteiger partial charge is 0.352 e. The fourth-order valence-electron chi connectivity index (χ4n) is 5.03. The molecule has 0 radical (unpaired) electrons. The maximum atomic E-state index is 13.2. The molecule has 2 atom stereocenters. The zero-order valence-electron chi connectivity index (χ0n) is 21.0. The number of nitrogens with two attached hydrogens (primary N) is 1. The van der Waals surface area contributed by atoms with Crippen LogP contribution in [-0.4, -0.2) is 85.7 Å². The molecular formula is C25H28N6O6S2. The molecule has 2 saturated heterocycles. The maximum absolute atomic E-state index is 13.2. The number of amides is 3. The molecule has 3 amide bonds. The Bertz CT molecular complexity index is 1310. The van der Waals surface area contributed by atoms with Gasteiger partial charge in [0.15, 0.2) is 10.8 Å². The fourth-order valence-corrected chi connectivity index (χ4v) is 6.88. The predicted molar refractivity (Wildman–Crippen MR) is 146 cm³/mol. The number of carbonyl (C=O) groups is 4. The van der Waals surface area contributed by atoms with Gasteiger partial charge in [-0.2, -0.15) is 0 Å².